The van der Waals surface area contributed by atoms with E-state index in [1.807, 2.05) is 0 Å². The minimum atomic E-state index is -1.22. The molecule has 5 heteroatoms. The van der Waals surface area contributed by atoms with Crippen LogP contribution in [0.3, 0.4) is 0 Å². The van der Waals surface area contributed by atoms with Gasteiger partial charge in [-0.25, -0.2) is 8.78 Å². The van der Waals surface area contributed by atoms with Crippen molar-refractivity contribution >= 4 is 11.6 Å². The van der Waals surface area contributed by atoms with E-state index in [2.05, 4.69) is 5.32 Å². The van der Waals surface area contributed by atoms with Gasteiger partial charge in [0.05, 0.1) is 11.3 Å². The highest BCUT2D eigenvalue weighted by molar-refractivity contribution is 5.94. The molecule has 0 aliphatic rings. The molecule has 0 bridgehead atoms. The molecule has 0 spiro atoms. The highest BCUT2D eigenvalue weighted by atomic mass is 19.2. The maximum Gasteiger partial charge on any atom is 0.254 e. The molecular weight excluding hydrogens is 178 g/mol. The lowest BCUT2D eigenvalue weighted by atomic mass is 10.1. The summed E-state index contributed by atoms with van der Waals surface area (Å²) in [5, 5.41) is 2.18. The zero-order chi connectivity index (χ0) is 10.0. The Labute approximate surface area is 73.5 Å². The van der Waals surface area contributed by atoms with Crippen LogP contribution in [0.4, 0.5) is 14.5 Å². The van der Waals surface area contributed by atoms with Crippen molar-refractivity contribution in [2.24, 2.45) is 0 Å². The largest absolute Gasteiger partial charge is 0.396 e. The molecule has 0 unspecified atom stereocenters. The van der Waals surface area contributed by atoms with Crippen molar-refractivity contribution in [3.8, 4) is 0 Å². The predicted octanol–water partition coefficient (Wildman–Crippen LogP) is 0.907. The number of anilines is 1. The number of nitrogen functional groups attached to an aromatic ring is 1. The van der Waals surface area contributed by atoms with Crippen molar-refractivity contribution < 1.29 is 13.6 Å². The van der Waals surface area contributed by atoms with Crippen molar-refractivity contribution in [3.63, 3.8) is 0 Å². The van der Waals surface area contributed by atoms with E-state index in [1.54, 1.807) is 0 Å². The van der Waals surface area contributed by atoms with Gasteiger partial charge in [-0.3, -0.25) is 4.79 Å². The molecule has 0 aliphatic carbocycles. The number of nitrogens with one attached hydrogen (secondary N) is 1. The number of nitrogens with two attached hydrogens (primary N) is 1. The molecule has 1 aromatic carbocycles. The molecule has 3 nitrogen and oxygen atoms in total. The molecule has 0 heterocycles. The number of halogens is 2. The standard InChI is InChI=1S/C8H8F2N2O/c1-12-8(13)4-2-3-5(11)7(10)6(4)9/h2-3H,11H2,1H3,(H,12,13). The highest BCUT2D eigenvalue weighted by Crippen LogP contribution is 2.17. The lowest BCUT2D eigenvalue weighted by molar-refractivity contribution is 0.0958. The van der Waals surface area contributed by atoms with Crippen LogP contribution in [-0.2, 0) is 0 Å². The Morgan fingerprint density at radius 2 is 2.00 bits per heavy atom. The minimum absolute atomic E-state index is 0.315. The minimum Gasteiger partial charge on any atom is -0.396 e. The molecule has 0 aromatic heterocycles. The molecule has 1 aromatic rings. The molecule has 0 fully saturated rings. The van der Waals surface area contributed by atoms with Crippen LogP contribution in [-0.4, -0.2) is 13.0 Å². The van der Waals surface area contributed by atoms with Gasteiger partial charge in [0.1, 0.15) is 0 Å². The van der Waals surface area contributed by atoms with Crippen molar-refractivity contribution in [1.29, 1.82) is 0 Å². The zero-order valence-corrected chi connectivity index (χ0v) is 6.90. The van der Waals surface area contributed by atoms with Gasteiger partial charge in [0, 0.05) is 7.05 Å². The molecule has 0 atom stereocenters. The highest BCUT2D eigenvalue weighted by Gasteiger charge is 2.15. The lowest BCUT2D eigenvalue weighted by Gasteiger charge is -2.03. The van der Waals surface area contributed by atoms with E-state index < -0.39 is 17.5 Å². The molecule has 1 amide bonds. The maximum atomic E-state index is 13.0. The van der Waals surface area contributed by atoms with Gasteiger partial charge >= 0.3 is 0 Å². The van der Waals surface area contributed by atoms with Crippen molar-refractivity contribution in [1.82, 2.24) is 5.32 Å². The first-order valence-corrected chi connectivity index (χ1v) is 3.53. The molecule has 0 saturated carbocycles. The second-order valence-corrected chi connectivity index (χ2v) is 2.41. The third-order valence-corrected chi connectivity index (χ3v) is 1.58. The molecule has 13 heavy (non-hydrogen) atoms. The predicted molar refractivity (Wildman–Crippen MR) is 44.2 cm³/mol. The Morgan fingerprint density at radius 1 is 1.38 bits per heavy atom. The number of hydrogen-bond acceptors (Lipinski definition) is 2. The van der Waals surface area contributed by atoms with Gasteiger partial charge in [0.25, 0.3) is 5.91 Å². The van der Waals surface area contributed by atoms with Gasteiger partial charge in [-0.05, 0) is 12.1 Å². The fourth-order valence-corrected chi connectivity index (χ4v) is 0.874. The van der Waals surface area contributed by atoms with Gasteiger partial charge < -0.3 is 11.1 Å². The summed E-state index contributed by atoms with van der Waals surface area (Å²) in [4.78, 5) is 10.9. The second-order valence-electron chi connectivity index (χ2n) is 2.41. The van der Waals surface area contributed by atoms with Crippen molar-refractivity contribution in [2.45, 2.75) is 0 Å². The monoisotopic (exact) mass is 186 g/mol. The smallest absolute Gasteiger partial charge is 0.254 e. The van der Waals surface area contributed by atoms with E-state index in [4.69, 9.17) is 5.73 Å². The fourth-order valence-electron chi connectivity index (χ4n) is 0.874. The van der Waals surface area contributed by atoms with Crippen molar-refractivity contribution in [2.75, 3.05) is 12.8 Å². The van der Waals surface area contributed by atoms with Crippen LogP contribution in [0, 0.1) is 11.6 Å². The maximum absolute atomic E-state index is 13.0. The van der Waals surface area contributed by atoms with E-state index in [1.165, 1.54) is 7.05 Å². The normalized spacial score (nSPS) is 9.77. The van der Waals surface area contributed by atoms with Crippen LogP contribution < -0.4 is 11.1 Å². The quantitative estimate of drug-likeness (QED) is 0.640. The number of benzene rings is 1. The van der Waals surface area contributed by atoms with Crippen LogP contribution in [0.15, 0.2) is 12.1 Å². The lowest BCUT2D eigenvalue weighted by Crippen LogP contribution is -2.20. The molecular formula is C8H8F2N2O. The number of carbonyl (C=O) groups excluding carboxylic acids is 1. The molecule has 0 aliphatic heterocycles. The summed E-state index contributed by atoms with van der Waals surface area (Å²) in [7, 11) is 1.33. The second kappa shape index (κ2) is 3.38. The third-order valence-electron chi connectivity index (χ3n) is 1.58. The van der Waals surface area contributed by atoms with Gasteiger partial charge in [0.15, 0.2) is 11.6 Å². The number of carbonyl (C=O) groups is 1. The molecule has 3 N–H and O–H groups in total. The van der Waals surface area contributed by atoms with E-state index in [0.717, 1.165) is 12.1 Å². The first-order valence-electron chi connectivity index (χ1n) is 3.53. The van der Waals surface area contributed by atoms with Crippen LogP contribution in [0.5, 0.6) is 0 Å². The van der Waals surface area contributed by atoms with Gasteiger partial charge in [0.2, 0.25) is 0 Å². The summed E-state index contributed by atoms with van der Waals surface area (Å²) in [5.41, 5.74) is 4.42. The van der Waals surface area contributed by atoms with Gasteiger partial charge in [-0.2, -0.15) is 0 Å². The van der Waals surface area contributed by atoms with Crippen LogP contribution in [0.2, 0.25) is 0 Å². The Kier molecular flexibility index (Phi) is 2.46. The Hall–Kier alpha value is -1.65. The SMILES string of the molecule is CNC(=O)c1ccc(N)c(F)c1F. The molecule has 1 rings (SSSR count). The molecule has 0 saturated heterocycles. The number of amides is 1. The molecule has 70 valence electrons. The summed E-state index contributed by atoms with van der Waals surface area (Å²) < 4.78 is 25.8. The number of hydrogen-bond donors (Lipinski definition) is 2. The van der Waals surface area contributed by atoms with E-state index in [9.17, 15) is 13.6 Å². The Bertz CT molecular complexity index is 352. The Morgan fingerprint density at radius 3 is 2.54 bits per heavy atom. The van der Waals surface area contributed by atoms with Crippen LogP contribution in [0.25, 0.3) is 0 Å². The van der Waals surface area contributed by atoms with E-state index >= 15 is 0 Å². The van der Waals surface area contributed by atoms with Crippen LogP contribution in [0.1, 0.15) is 10.4 Å². The third kappa shape index (κ3) is 1.58. The molecule has 0 radical (unpaired) electrons. The summed E-state index contributed by atoms with van der Waals surface area (Å²) in [5.74, 6) is -3.10. The first-order chi connectivity index (χ1) is 6.07. The van der Waals surface area contributed by atoms with Crippen LogP contribution >= 0.6 is 0 Å². The van der Waals surface area contributed by atoms with Crippen molar-refractivity contribution in [3.05, 3.63) is 29.3 Å². The van der Waals surface area contributed by atoms with Gasteiger partial charge in [-0.15, -0.1) is 0 Å². The first kappa shape index (κ1) is 9.44. The summed E-state index contributed by atoms with van der Waals surface area (Å²) >= 11 is 0. The van der Waals surface area contributed by atoms with Gasteiger partial charge in [-0.1, -0.05) is 0 Å². The van der Waals surface area contributed by atoms with E-state index in [-0.39, 0.29) is 11.3 Å². The number of rotatable bonds is 1. The Balaban J connectivity index is 3.26. The summed E-state index contributed by atoms with van der Waals surface area (Å²) in [6, 6.07) is 2.27. The average Bonchev–Trinajstić information content (AvgIpc) is 2.13. The average molecular weight is 186 g/mol. The van der Waals surface area contributed by atoms with E-state index in [0.29, 0.717) is 0 Å². The topological polar surface area (TPSA) is 55.1 Å². The summed E-state index contributed by atoms with van der Waals surface area (Å²) in [6.45, 7) is 0. The summed E-state index contributed by atoms with van der Waals surface area (Å²) in [6.07, 6.45) is 0. The zero-order valence-electron chi connectivity index (χ0n) is 6.90. The fraction of sp³-hybridized carbons (Fsp3) is 0.125.